The van der Waals surface area contributed by atoms with E-state index < -0.39 is 29.7 Å². The molecule has 0 spiro atoms. The molecule has 140 valence electrons. The number of piperazine rings is 1. The first-order valence-electron chi connectivity index (χ1n) is 8.71. The maximum absolute atomic E-state index is 12.8. The van der Waals surface area contributed by atoms with E-state index >= 15 is 0 Å². The second-order valence-corrected chi connectivity index (χ2v) is 6.91. The summed E-state index contributed by atoms with van der Waals surface area (Å²) in [5, 5.41) is 2.17. The fourth-order valence-electron chi connectivity index (χ4n) is 3.63. The van der Waals surface area contributed by atoms with Crippen molar-refractivity contribution in [3.8, 4) is 0 Å². The Hall–Kier alpha value is -3.23. The lowest BCUT2D eigenvalue weighted by Crippen LogP contribution is -2.54. The zero-order valence-corrected chi connectivity index (χ0v) is 14.7. The van der Waals surface area contributed by atoms with Crippen molar-refractivity contribution in [1.82, 2.24) is 15.1 Å². The number of hydrogen-bond donors (Lipinski definition) is 1. The number of imide groups is 2. The summed E-state index contributed by atoms with van der Waals surface area (Å²) in [6, 6.07) is 3.87. The highest BCUT2D eigenvalue weighted by molar-refractivity contribution is 6.23. The highest BCUT2D eigenvalue weighted by Crippen LogP contribution is 2.31. The monoisotopic (exact) mass is 370 g/mol. The Labute approximate surface area is 154 Å². The predicted molar refractivity (Wildman–Crippen MR) is 93.0 cm³/mol. The predicted octanol–water partition coefficient (Wildman–Crippen LogP) is -0.634. The third-order valence-corrected chi connectivity index (χ3v) is 5.25. The van der Waals surface area contributed by atoms with Crippen LogP contribution in [0.5, 0.6) is 0 Å². The minimum absolute atomic E-state index is 0.0191. The normalized spacial score (nSPS) is 23.1. The molecule has 4 rings (SSSR count). The summed E-state index contributed by atoms with van der Waals surface area (Å²) in [6.07, 6.45) is 0.203. The van der Waals surface area contributed by atoms with Crippen molar-refractivity contribution in [3.63, 3.8) is 0 Å². The number of likely N-dealkylation sites (N-methyl/N-ethyl adjacent to an activating group) is 1. The smallest absolute Gasteiger partial charge is 0.262 e. The van der Waals surface area contributed by atoms with Gasteiger partial charge in [0.05, 0.1) is 17.7 Å². The summed E-state index contributed by atoms with van der Waals surface area (Å²) in [6.45, 7) is 1.40. The number of carbonyl (C=O) groups is 5. The molecular weight excluding hydrogens is 352 g/mol. The van der Waals surface area contributed by atoms with Crippen LogP contribution in [-0.4, -0.2) is 72.1 Å². The number of nitrogens with zero attached hydrogens (tertiary/aromatic N) is 3. The topological polar surface area (TPSA) is 107 Å². The number of hydrogen-bond acceptors (Lipinski definition) is 6. The summed E-state index contributed by atoms with van der Waals surface area (Å²) >= 11 is 0. The molecule has 1 aromatic carbocycles. The number of carbonyl (C=O) groups excluding carboxylic acids is 5. The second kappa shape index (κ2) is 6.19. The minimum Gasteiger partial charge on any atom is -0.360 e. The Morgan fingerprint density at radius 1 is 1.00 bits per heavy atom. The van der Waals surface area contributed by atoms with Crippen LogP contribution in [0.4, 0.5) is 5.69 Å². The standard InChI is InChI=1S/C18H18N4O5/c1-20-6-7-21(9-15(20)24)10-2-3-11-12(8-10)18(27)22(17(11)26)13-4-5-14(23)19-16(13)25/h2-3,8,13H,4-7,9H2,1H3,(H,19,23,25). The molecular formula is C18H18N4O5. The number of benzene rings is 1. The van der Waals surface area contributed by atoms with Crippen LogP contribution in [0, 0.1) is 0 Å². The SMILES string of the molecule is CN1CCN(c2ccc3c(c2)C(=O)N(C2CCC(=O)NC2=O)C3=O)CC1=O. The van der Waals surface area contributed by atoms with E-state index in [1.807, 2.05) is 4.90 Å². The van der Waals surface area contributed by atoms with Gasteiger partial charge in [-0.3, -0.25) is 34.2 Å². The lowest BCUT2D eigenvalue weighted by Gasteiger charge is -2.33. The molecule has 0 aliphatic carbocycles. The van der Waals surface area contributed by atoms with Crippen LogP contribution in [0.1, 0.15) is 33.6 Å². The average molecular weight is 370 g/mol. The van der Waals surface area contributed by atoms with Gasteiger partial charge in [0, 0.05) is 32.2 Å². The van der Waals surface area contributed by atoms with Crippen LogP contribution < -0.4 is 10.2 Å². The minimum atomic E-state index is -0.983. The van der Waals surface area contributed by atoms with Crippen molar-refractivity contribution >= 4 is 35.2 Å². The molecule has 0 radical (unpaired) electrons. The largest absolute Gasteiger partial charge is 0.360 e. The quantitative estimate of drug-likeness (QED) is 0.695. The lowest BCUT2D eigenvalue weighted by molar-refractivity contribution is -0.136. The lowest BCUT2D eigenvalue weighted by atomic mass is 10.0. The molecule has 9 nitrogen and oxygen atoms in total. The molecule has 1 N–H and O–H groups in total. The molecule has 1 aromatic rings. The first kappa shape index (κ1) is 17.2. The average Bonchev–Trinajstić information content (AvgIpc) is 2.88. The number of piperidine rings is 1. The maximum atomic E-state index is 12.8. The van der Waals surface area contributed by atoms with E-state index in [0.717, 1.165) is 4.90 Å². The van der Waals surface area contributed by atoms with Crippen LogP contribution >= 0.6 is 0 Å². The third kappa shape index (κ3) is 2.75. The second-order valence-electron chi connectivity index (χ2n) is 6.91. The first-order valence-corrected chi connectivity index (χ1v) is 8.71. The van der Waals surface area contributed by atoms with E-state index in [9.17, 15) is 24.0 Å². The number of fused-ring (bicyclic) bond motifs is 1. The van der Waals surface area contributed by atoms with Crippen molar-refractivity contribution in [3.05, 3.63) is 29.3 Å². The third-order valence-electron chi connectivity index (χ3n) is 5.25. The van der Waals surface area contributed by atoms with Crippen molar-refractivity contribution < 1.29 is 24.0 Å². The number of nitrogens with one attached hydrogen (secondary N) is 1. The molecule has 0 saturated carbocycles. The highest BCUT2D eigenvalue weighted by Gasteiger charge is 2.44. The van der Waals surface area contributed by atoms with Gasteiger partial charge in [-0.05, 0) is 24.6 Å². The fraction of sp³-hybridized carbons (Fsp3) is 0.389. The number of amides is 5. The Morgan fingerprint density at radius 3 is 2.44 bits per heavy atom. The van der Waals surface area contributed by atoms with Gasteiger partial charge in [0.15, 0.2) is 0 Å². The van der Waals surface area contributed by atoms with Crippen molar-refractivity contribution in [1.29, 1.82) is 0 Å². The van der Waals surface area contributed by atoms with Crippen LogP contribution in [0.2, 0.25) is 0 Å². The van der Waals surface area contributed by atoms with Gasteiger partial charge < -0.3 is 9.80 Å². The van der Waals surface area contributed by atoms with Crippen LogP contribution in [0.15, 0.2) is 18.2 Å². The van der Waals surface area contributed by atoms with Gasteiger partial charge in [0.1, 0.15) is 6.04 Å². The summed E-state index contributed by atoms with van der Waals surface area (Å²) < 4.78 is 0. The van der Waals surface area contributed by atoms with E-state index in [0.29, 0.717) is 18.8 Å². The van der Waals surface area contributed by atoms with Crippen LogP contribution in [0.25, 0.3) is 0 Å². The Balaban J connectivity index is 1.61. The van der Waals surface area contributed by atoms with Gasteiger partial charge >= 0.3 is 0 Å². The van der Waals surface area contributed by atoms with Gasteiger partial charge in [-0.1, -0.05) is 0 Å². The molecule has 0 bridgehead atoms. The maximum Gasteiger partial charge on any atom is 0.262 e. The van der Waals surface area contributed by atoms with E-state index in [2.05, 4.69) is 5.32 Å². The van der Waals surface area contributed by atoms with Gasteiger partial charge in [0.25, 0.3) is 11.8 Å². The van der Waals surface area contributed by atoms with Crippen molar-refractivity contribution in [2.24, 2.45) is 0 Å². The summed E-state index contributed by atoms with van der Waals surface area (Å²) in [4.78, 5) is 65.3. The van der Waals surface area contributed by atoms with Gasteiger partial charge in [-0.25, -0.2) is 0 Å². The molecule has 1 unspecified atom stereocenters. The first-order chi connectivity index (χ1) is 12.9. The number of rotatable bonds is 2. The van der Waals surface area contributed by atoms with E-state index in [-0.39, 0.29) is 36.4 Å². The fourth-order valence-corrected chi connectivity index (χ4v) is 3.63. The summed E-state index contributed by atoms with van der Waals surface area (Å²) in [7, 11) is 1.74. The molecule has 3 heterocycles. The van der Waals surface area contributed by atoms with E-state index in [4.69, 9.17) is 0 Å². The Kier molecular flexibility index (Phi) is 3.94. The van der Waals surface area contributed by atoms with Crippen LogP contribution in [0.3, 0.4) is 0 Å². The van der Waals surface area contributed by atoms with Crippen molar-refractivity contribution in [2.75, 3.05) is 31.6 Å². The Morgan fingerprint density at radius 2 is 1.74 bits per heavy atom. The van der Waals surface area contributed by atoms with Gasteiger partial charge in [-0.2, -0.15) is 0 Å². The molecule has 2 saturated heterocycles. The summed E-state index contributed by atoms with van der Waals surface area (Å²) in [5.41, 5.74) is 1.13. The van der Waals surface area contributed by atoms with E-state index in [1.54, 1.807) is 30.1 Å². The molecule has 3 aliphatic heterocycles. The molecule has 3 aliphatic rings. The molecule has 1 atom stereocenters. The van der Waals surface area contributed by atoms with Crippen LogP contribution in [-0.2, 0) is 14.4 Å². The highest BCUT2D eigenvalue weighted by atomic mass is 16.2. The summed E-state index contributed by atoms with van der Waals surface area (Å²) in [5.74, 6) is -2.15. The zero-order valence-electron chi connectivity index (χ0n) is 14.7. The molecule has 0 aromatic heterocycles. The molecule has 27 heavy (non-hydrogen) atoms. The Bertz CT molecular complexity index is 896. The molecule has 2 fully saturated rings. The molecule has 9 heteroatoms. The number of anilines is 1. The van der Waals surface area contributed by atoms with Gasteiger partial charge in [-0.15, -0.1) is 0 Å². The van der Waals surface area contributed by atoms with Crippen molar-refractivity contribution in [2.45, 2.75) is 18.9 Å². The molecule has 5 amide bonds. The van der Waals surface area contributed by atoms with E-state index in [1.165, 1.54) is 0 Å². The van der Waals surface area contributed by atoms with Gasteiger partial charge in [0.2, 0.25) is 17.7 Å². The zero-order chi connectivity index (χ0) is 19.3.